The van der Waals surface area contributed by atoms with Crippen molar-refractivity contribution in [3.8, 4) is 0 Å². The predicted molar refractivity (Wildman–Crippen MR) is 165 cm³/mol. The molecule has 2 aromatic carbocycles. The van der Waals surface area contributed by atoms with Crippen molar-refractivity contribution in [1.29, 1.82) is 0 Å². The van der Waals surface area contributed by atoms with Crippen LogP contribution in [0.1, 0.15) is 55.9 Å². The van der Waals surface area contributed by atoms with Gasteiger partial charge in [-0.15, -0.1) is 0 Å². The van der Waals surface area contributed by atoms with Gasteiger partial charge in [0.15, 0.2) is 0 Å². The van der Waals surface area contributed by atoms with Crippen LogP contribution in [-0.2, 0) is 10.3 Å². The molecule has 0 amide bonds. The Kier molecular flexibility index (Phi) is 10.3. The fourth-order valence-electron chi connectivity index (χ4n) is 7.17. The summed E-state index contributed by atoms with van der Waals surface area (Å²) in [5, 5.41) is 23.7. The summed E-state index contributed by atoms with van der Waals surface area (Å²) in [7, 11) is 3.97. The number of aliphatic hydroxyl groups excluding tert-OH is 2. The molecule has 3 aliphatic rings. The second-order valence-electron chi connectivity index (χ2n) is 12.3. The number of ether oxygens (including phenoxy) is 1. The molecule has 0 saturated carbocycles. The average molecular weight is 606 g/mol. The maximum absolute atomic E-state index is 11.4. The van der Waals surface area contributed by atoms with Crippen LogP contribution >= 0.6 is 23.2 Å². The van der Waals surface area contributed by atoms with Crippen LogP contribution in [-0.4, -0.2) is 108 Å². The fourth-order valence-corrected chi connectivity index (χ4v) is 7.46. The fraction of sp³-hybridized carbons (Fsp3) is 0.625. The van der Waals surface area contributed by atoms with Crippen LogP contribution in [0.4, 0.5) is 0 Å². The number of nitrogens with zero attached hydrogens (tertiary/aromatic N) is 4. The zero-order valence-corrected chi connectivity index (χ0v) is 26.0. The molecule has 3 heterocycles. The van der Waals surface area contributed by atoms with E-state index in [1.165, 1.54) is 19.3 Å². The van der Waals surface area contributed by atoms with Gasteiger partial charge in [0.05, 0.1) is 22.2 Å². The number of hydrogen-bond acceptors (Lipinski definition) is 7. The van der Waals surface area contributed by atoms with Gasteiger partial charge in [0.2, 0.25) is 0 Å². The van der Waals surface area contributed by atoms with Crippen LogP contribution in [0.2, 0.25) is 10.0 Å². The molecule has 41 heavy (non-hydrogen) atoms. The molecule has 2 unspecified atom stereocenters. The second kappa shape index (κ2) is 13.6. The average Bonchev–Trinajstić information content (AvgIpc) is 3.02. The first-order valence-electron chi connectivity index (χ1n) is 15.1. The third-order valence-electron chi connectivity index (χ3n) is 9.61. The Bertz CT molecular complexity index is 1130. The minimum Gasteiger partial charge on any atom is -0.376 e. The van der Waals surface area contributed by atoms with Gasteiger partial charge in [0.1, 0.15) is 18.1 Å². The van der Waals surface area contributed by atoms with E-state index in [1.807, 2.05) is 67.5 Å². The predicted octanol–water partition coefficient (Wildman–Crippen LogP) is 4.80. The lowest BCUT2D eigenvalue weighted by atomic mass is 9.81. The Morgan fingerprint density at radius 2 is 1.61 bits per heavy atom. The highest BCUT2D eigenvalue weighted by Crippen LogP contribution is 2.40. The molecule has 2 aromatic rings. The summed E-state index contributed by atoms with van der Waals surface area (Å²) in [4.78, 5) is 9.17. The van der Waals surface area contributed by atoms with Crippen molar-refractivity contribution in [2.45, 2.75) is 62.1 Å². The Morgan fingerprint density at radius 3 is 2.27 bits per heavy atom. The van der Waals surface area contributed by atoms with Crippen molar-refractivity contribution in [3.63, 3.8) is 0 Å². The van der Waals surface area contributed by atoms with E-state index in [1.54, 1.807) is 0 Å². The number of piperidine rings is 2. The molecule has 5 rings (SSSR count). The first kappa shape index (κ1) is 31.2. The normalized spacial score (nSPS) is 26.2. The Morgan fingerprint density at radius 1 is 0.902 bits per heavy atom. The summed E-state index contributed by atoms with van der Waals surface area (Å²) in [6.07, 6.45) is 5.13. The number of halogens is 2. The number of likely N-dealkylation sites (N-methyl/N-ethyl adjacent to an activating group) is 1. The van der Waals surface area contributed by atoms with E-state index in [4.69, 9.17) is 27.9 Å². The molecule has 0 aliphatic carbocycles. The van der Waals surface area contributed by atoms with E-state index >= 15 is 0 Å². The van der Waals surface area contributed by atoms with Crippen LogP contribution in [0.25, 0.3) is 0 Å². The van der Waals surface area contributed by atoms with Gasteiger partial charge in [0, 0.05) is 32.7 Å². The minimum absolute atomic E-state index is 0.209. The monoisotopic (exact) mass is 604 g/mol. The molecular formula is C32H46Cl2N4O3. The molecular weight excluding hydrogens is 559 g/mol. The molecule has 0 spiro atoms. The van der Waals surface area contributed by atoms with Crippen molar-refractivity contribution < 1.29 is 14.9 Å². The Balaban J connectivity index is 1.33. The summed E-state index contributed by atoms with van der Waals surface area (Å²) in [6.45, 7) is 6.54. The van der Waals surface area contributed by atoms with E-state index in [2.05, 4.69) is 14.7 Å². The number of benzene rings is 2. The first-order chi connectivity index (χ1) is 19.7. The third-order valence-corrected chi connectivity index (χ3v) is 10.4. The highest BCUT2D eigenvalue weighted by Gasteiger charge is 2.47. The van der Waals surface area contributed by atoms with Crippen LogP contribution in [0.3, 0.4) is 0 Å². The van der Waals surface area contributed by atoms with Crippen molar-refractivity contribution >= 4 is 23.2 Å². The van der Waals surface area contributed by atoms with Crippen LogP contribution in [0.5, 0.6) is 0 Å². The Hall–Kier alpha value is -1.26. The maximum Gasteiger partial charge on any atom is 0.133 e. The molecule has 0 aromatic heterocycles. The van der Waals surface area contributed by atoms with E-state index in [0.29, 0.717) is 29.7 Å². The molecule has 3 atom stereocenters. The minimum atomic E-state index is -0.713. The van der Waals surface area contributed by atoms with Gasteiger partial charge in [-0.2, -0.15) is 0 Å². The van der Waals surface area contributed by atoms with Gasteiger partial charge in [-0.25, -0.2) is 0 Å². The molecule has 9 heteroatoms. The second-order valence-corrected chi connectivity index (χ2v) is 13.1. The topological polar surface area (TPSA) is 62.7 Å². The van der Waals surface area contributed by atoms with Gasteiger partial charge < -0.3 is 19.8 Å². The van der Waals surface area contributed by atoms with Crippen LogP contribution in [0.15, 0.2) is 48.5 Å². The summed E-state index contributed by atoms with van der Waals surface area (Å²) in [6, 6.07) is 15.6. The lowest BCUT2D eigenvalue weighted by Crippen LogP contribution is -2.66. The lowest BCUT2D eigenvalue weighted by molar-refractivity contribution is -0.162. The van der Waals surface area contributed by atoms with E-state index in [0.717, 1.165) is 63.1 Å². The molecule has 7 nitrogen and oxygen atoms in total. The van der Waals surface area contributed by atoms with Gasteiger partial charge in [-0.3, -0.25) is 14.7 Å². The lowest BCUT2D eigenvalue weighted by Gasteiger charge is -2.54. The SMILES string of the molecule is CN(C)C(O)C1(N2CCCCC2)CCN(CC[C@@]2(c3ccc(Cl)c(Cl)c3)CN(C(O)c3ccccc3)CCO2)CC1. The maximum atomic E-state index is 11.4. The molecule has 2 N–H and O–H groups in total. The smallest absolute Gasteiger partial charge is 0.133 e. The number of aliphatic hydroxyl groups is 2. The van der Waals surface area contributed by atoms with Gasteiger partial charge >= 0.3 is 0 Å². The zero-order chi connectivity index (χ0) is 29.0. The van der Waals surface area contributed by atoms with Gasteiger partial charge in [-0.1, -0.05) is 66.0 Å². The van der Waals surface area contributed by atoms with Crippen molar-refractivity contribution in [3.05, 3.63) is 69.7 Å². The summed E-state index contributed by atoms with van der Waals surface area (Å²) in [5.74, 6) is 0. The summed E-state index contributed by atoms with van der Waals surface area (Å²) >= 11 is 12.8. The highest BCUT2D eigenvalue weighted by molar-refractivity contribution is 6.42. The first-order valence-corrected chi connectivity index (χ1v) is 15.9. The number of hydrogen-bond donors (Lipinski definition) is 2. The van der Waals surface area contributed by atoms with Crippen molar-refractivity contribution in [2.75, 3.05) is 66.5 Å². The van der Waals surface area contributed by atoms with E-state index in [9.17, 15) is 10.2 Å². The van der Waals surface area contributed by atoms with Crippen LogP contribution in [0, 0.1) is 0 Å². The number of rotatable bonds is 9. The molecule has 3 fully saturated rings. The number of morpholine rings is 1. The molecule has 0 radical (unpaired) electrons. The third kappa shape index (κ3) is 6.79. The largest absolute Gasteiger partial charge is 0.376 e. The molecule has 226 valence electrons. The summed E-state index contributed by atoms with van der Waals surface area (Å²) < 4.78 is 6.62. The zero-order valence-electron chi connectivity index (χ0n) is 24.5. The highest BCUT2D eigenvalue weighted by atomic mass is 35.5. The van der Waals surface area contributed by atoms with Gasteiger partial charge in [0.25, 0.3) is 0 Å². The summed E-state index contributed by atoms with van der Waals surface area (Å²) in [5.41, 5.74) is 1.02. The number of likely N-dealkylation sites (tertiary alicyclic amines) is 2. The molecule has 3 aliphatic heterocycles. The van der Waals surface area contributed by atoms with Crippen LogP contribution < -0.4 is 0 Å². The van der Waals surface area contributed by atoms with E-state index in [-0.39, 0.29) is 5.54 Å². The quantitative estimate of drug-likeness (QED) is 0.399. The van der Waals surface area contributed by atoms with Gasteiger partial charge in [-0.05, 0) is 82.5 Å². The van der Waals surface area contributed by atoms with E-state index < -0.39 is 18.1 Å². The molecule has 0 bridgehead atoms. The van der Waals surface area contributed by atoms with Crippen molar-refractivity contribution in [2.24, 2.45) is 0 Å². The molecule has 3 saturated heterocycles. The van der Waals surface area contributed by atoms with Crippen molar-refractivity contribution in [1.82, 2.24) is 19.6 Å². The Labute approximate surface area is 255 Å². The standard InChI is InChI=1S/C32H46Cl2N4O3/c1-35(2)30(40)31(38-16-7-4-8-17-38)13-18-36(19-14-31)20-15-32(26-11-12-27(33)28(34)23-26)24-37(21-22-41-32)29(39)25-9-5-3-6-10-25/h3,5-6,9-12,23,29-30,39-40H,4,7-8,13-22,24H2,1-2H3/t29?,30?,32-/m0/s1.